The van der Waals surface area contributed by atoms with Crippen molar-refractivity contribution >= 4 is 23.8 Å². The molecule has 0 heterocycles. The summed E-state index contributed by atoms with van der Waals surface area (Å²) < 4.78 is 5.36. The number of amides is 4. The van der Waals surface area contributed by atoms with Gasteiger partial charge in [0.25, 0.3) is 0 Å². The summed E-state index contributed by atoms with van der Waals surface area (Å²) in [6.07, 6.45) is 1.88. The molecule has 1 aromatic rings. The van der Waals surface area contributed by atoms with Crippen LogP contribution < -0.4 is 16.4 Å². The predicted octanol–water partition coefficient (Wildman–Crippen LogP) is 4.13. The van der Waals surface area contributed by atoms with Crippen molar-refractivity contribution in [3.8, 4) is 0 Å². The summed E-state index contributed by atoms with van der Waals surface area (Å²) >= 11 is 0. The van der Waals surface area contributed by atoms with E-state index in [0.717, 1.165) is 24.8 Å². The summed E-state index contributed by atoms with van der Waals surface area (Å²) in [6, 6.07) is 5.38. The fourth-order valence-corrected chi connectivity index (χ4v) is 3.95. The molecule has 0 aromatic heterocycles. The first-order valence-electron chi connectivity index (χ1n) is 13.0. The zero-order valence-electron chi connectivity index (χ0n) is 23.8. The van der Waals surface area contributed by atoms with E-state index in [1.807, 2.05) is 52.0 Å². The first-order valence-corrected chi connectivity index (χ1v) is 13.0. The number of nitrogens with one attached hydrogen (secondary N) is 2. The lowest BCUT2D eigenvalue weighted by molar-refractivity contribution is -0.148. The summed E-state index contributed by atoms with van der Waals surface area (Å²) in [5.41, 5.74) is 5.36. The van der Waals surface area contributed by atoms with Crippen LogP contribution in [0.3, 0.4) is 0 Å². The largest absolute Gasteiger partial charge is 0.444 e. The molecule has 4 N–H and O–H groups in total. The Morgan fingerprint density at radius 2 is 1.70 bits per heavy atom. The molecule has 0 spiro atoms. The third-order valence-corrected chi connectivity index (χ3v) is 5.57. The van der Waals surface area contributed by atoms with Crippen LogP contribution in [0.15, 0.2) is 24.3 Å². The van der Waals surface area contributed by atoms with Crippen LogP contribution in [-0.2, 0) is 19.1 Å². The molecule has 4 amide bonds. The van der Waals surface area contributed by atoms with Crippen molar-refractivity contribution in [1.29, 1.82) is 0 Å². The molecule has 0 aliphatic heterocycles. The average Bonchev–Trinajstić information content (AvgIpc) is 2.75. The molecule has 37 heavy (non-hydrogen) atoms. The number of rotatable bonds is 12. The Morgan fingerprint density at radius 1 is 1.05 bits per heavy atom. The van der Waals surface area contributed by atoms with Crippen LogP contribution in [0.4, 0.5) is 4.79 Å². The number of carbonyl (C=O) groups excluding carboxylic acids is 4. The highest BCUT2D eigenvalue weighted by Gasteiger charge is 2.41. The standard InChI is InChI=1S/C28H46N4O5/c1-9-10-11-17-30-24(34)23(20-14-12-13-19(2)18-20)32(27(3,4)5)25(35)21(15-16-22(29)33)31-26(36)37-28(6,7)8/h12-14,18,21,23H,9-11,15-17H2,1-8H3,(H2,29,33)(H,30,34)(H,31,36). The molecular formula is C28H46N4O5. The van der Waals surface area contributed by atoms with Gasteiger partial charge < -0.3 is 26.0 Å². The number of hydrogen-bond acceptors (Lipinski definition) is 5. The number of benzene rings is 1. The third-order valence-electron chi connectivity index (χ3n) is 5.57. The van der Waals surface area contributed by atoms with E-state index in [-0.39, 0.29) is 18.7 Å². The van der Waals surface area contributed by atoms with Crippen LogP contribution in [0.25, 0.3) is 0 Å². The van der Waals surface area contributed by atoms with Gasteiger partial charge in [-0.1, -0.05) is 49.6 Å². The van der Waals surface area contributed by atoms with Crippen LogP contribution in [0.2, 0.25) is 0 Å². The number of aryl methyl sites for hydroxylation is 1. The molecule has 0 fully saturated rings. The average molecular weight is 519 g/mol. The molecule has 0 aliphatic rings. The maximum absolute atomic E-state index is 14.1. The Bertz CT molecular complexity index is 933. The van der Waals surface area contributed by atoms with Crippen LogP contribution in [-0.4, -0.2) is 52.4 Å². The summed E-state index contributed by atoms with van der Waals surface area (Å²) in [7, 11) is 0. The lowest BCUT2D eigenvalue weighted by Gasteiger charge is -2.43. The summed E-state index contributed by atoms with van der Waals surface area (Å²) in [5.74, 6) is -1.42. The zero-order valence-corrected chi connectivity index (χ0v) is 23.8. The minimum absolute atomic E-state index is 0.0291. The fourth-order valence-electron chi connectivity index (χ4n) is 3.95. The van der Waals surface area contributed by atoms with Crippen molar-refractivity contribution in [1.82, 2.24) is 15.5 Å². The highest BCUT2D eigenvalue weighted by Crippen LogP contribution is 2.31. The molecular weight excluding hydrogens is 472 g/mol. The normalized spacial score (nSPS) is 13.3. The number of alkyl carbamates (subject to hydrolysis) is 1. The lowest BCUT2D eigenvalue weighted by atomic mass is 9.94. The molecule has 2 unspecified atom stereocenters. The number of primary amides is 1. The third kappa shape index (κ3) is 11.2. The summed E-state index contributed by atoms with van der Waals surface area (Å²) in [6.45, 7) is 15.1. The Labute approximate surface area is 221 Å². The van der Waals surface area contributed by atoms with E-state index in [1.165, 1.54) is 4.90 Å². The van der Waals surface area contributed by atoms with Crippen LogP contribution in [0.1, 0.15) is 97.7 Å². The van der Waals surface area contributed by atoms with Gasteiger partial charge in [0, 0.05) is 18.5 Å². The van der Waals surface area contributed by atoms with Gasteiger partial charge in [-0.25, -0.2) is 4.79 Å². The molecule has 0 radical (unpaired) electrons. The van der Waals surface area contributed by atoms with E-state index in [9.17, 15) is 19.2 Å². The Kier molecular flexibility index (Phi) is 12.1. The highest BCUT2D eigenvalue weighted by atomic mass is 16.6. The minimum atomic E-state index is -1.12. The minimum Gasteiger partial charge on any atom is -0.444 e. The van der Waals surface area contributed by atoms with Gasteiger partial charge in [0.05, 0.1) is 0 Å². The fraction of sp³-hybridized carbons (Fsp3) is 0.643. The van der Waals surface area contributed by atoms with Crippen molar-refractivity contribution in [2.24, 2.45) is 5.73 Å². The van der Waals surface area contributed by atoms with E-state index in [0.29, 0.717) is 12.1 Å². The number of nitrogens with zero attached hydrogens (tertiary/aromatic N) is 1. The maximum atomic E-state index is 14.1. The quantitative estimate of drug-likeness (QED) is 0.358. The predicted molar refractivity (Wildman–Crippen MR) is 145 cm³/mol. The second kappa shape index (κ2) is 14.0. The molecule has 1 rings (SSSR count). The van der Waals surface area contributed by atoms with Gasteiger partial charge in [0.1, 0.15) is 17.7 Å². The lowest BCUT2D eigenvalue weighted by Crippen LogP contribution is -2.58. The second-order valence-electron chi connectivity index (χ2n) is 11.4. The number of hydrogen-bond donors (Lipinski definition) is 3. The molecule has 0 aliphatic carbocycles. The SMILES string of the molecule is CCCCCNC(=O)C(c1cccc(C)c1)N(C(=O)C(CCC(N)=O)NC(=O)OC(C)(C)C)C(C)(C)C. The van der Waals surface area contributed by atoms with Gasteiger partial charge >= 0.3 is 6.09 Å². The van der Waals surface area contributed by atoms with Crippen molar-refractivity contribution < 1.29 is 23.9 Å². The number of carbonyl (C=O) groups is 4. The molecule has 0 saturated carbocycles. The second-order valence-corrected chi connectivity index (χ2v) is 11.4. The maximum Gasteiger partial charge on any atom is 0.408 e. The van der Waals surface area contributed by atoms with E-state index < -0.39 is 41.1 Å². The van der Waals surface area contributed by atoms with Gasteiger partial charge in [-0.3, -0.25) is 14.4 Å². The van der Waals surface area contributed by atoms with E-state index >= 15 is 0 Å². The monoisotopic (exact) mass is 518 g/mol. The number of unbranched alkanes of at least 4 members (excludes halogenated alkanes) is 2. The Morgan fingerprint density at radius 3 is 2.22 bits per heavy atom. The summed E-state index contributed by atoms with van der Waals surface area (Å²) in [5, 5.41) is 5.59. The first-order chi connectivity index (χ1) is 17.1. The van der Waals surface area contributed by atoms with Crippen LogP contribution >= 0.6 is 0 Å². The van der Waals surface area contributed by atoms with Gasteiger partial charge in [-0.2, -0.15) is 0 Å². The van der Waals surface area contributed by atoms with E-state index in [4.69, 9.17) is 10.5 Å². The molecule has 9 heteroatoms. The topological polar surface area (TPSA) is 131 Å². The van der Waals surface area contributed by atoms with Crippen molar-refractivity contribution in [2.45, 2.75) is 111 Å². The van der Waals surface area contributed by atoms with Gasteiger partial charge in [-0.05, 0) is 66.9 Å². The molecule has 208 valence electrons. The van der Waals surface area contributed by atoms with Crippen molar-refractivity contribution in [3.63, 3.8) is 0 Å². The molecule has 9 nitrogen and oxygen atoms in total. The summed E-state index contributed by atoms with van der Waals surface area (Å²) in [4.78, 5) is 53.4. The molecule has 1 aromatic carbocycles. The number of nitrogens with two attached hydrogens (primary N) is 1. The van der Waals surface area contributed by atoms with E-state index in [2.05, 4.69) is 17.6 Å². The van der Waals surface area contributed by atoms with E-state index in [1.54, 1.807) is 20.8 Å². The Hall–Kier alpha value is -3.10. The van der Waals surface area contributed by atoms with Gasteiger partial charge in [0.2, 0.25) is 17.7 Å². The smallest absolute Gasteiger partial charge is 0.408 e. The van der Waals surface area contributed by atoms with Crippen LogP contribution in [0.5, 0.6) is 0 Å². The first kappa shape index (κ1) is 31.9. The molecule has 0 saturated heterocycles. The highest BCUT2D eigenvalue weighted by molar-refractivity contribution is 5.93. The van der Waals surface area contributed by atoms with Crippen molar-refractivity contribution in [2.75, 3.05) is 6.54 Å². The number of ether oxygens (including phenoxy) is 1. The Balaban J connectivity index is 3.50. The van der Waals surface area contributed by atoms with Gasteiger partial charge in [-0.15, -0.1) is 0 Å². The molecule has 0 bridgehead atoms. The van der Waals surface area contributed by atoms with Crippen molar-refractivity contribution in [3.05, 3.63) is 35.4 Å². The van der Waals surface area contributed by atoms with Crippen LogP contribution in [0, 0.1) is 6.92 Å². The molecule has 2 atom stereocenters. The zero-order chi connectivity index (χ0) is 28.4. The van der Waals surface area contributed by atoms with Gasteiger partial charge in [0.15, 0.2) is 0 Å².